The van der Waals surface area contributed by atoms with E-state index in [1.165, 1.54) is 0 Å². The number of rotatable bonds is 1. The predicted molar refractivity (Wildman–Crippen MR) is 80.7 cm³/mol. The van der Waals surface area contributed by atoms with Gasteiger partial charge in [-0.15, -0.1) is 0 Å². The predicted octanol–water partition coefficient (Wildman–Crippen LogP) is 3.01. The fourth-order valence-electron chi connectivity index (χ4n) is 2.64. The Bertz CT molecular complexity index is 709. The van der Waals surface area contributed by atoms with Gasteiger partial charge in [0.05, 0.1) is 5.69 Å². The number of para-hydroxylation sites is 1. The summed E-state index contributed by atoms with van der Waals surface area (Å²) in [6.07, 6.45) is 2.80. The van der Waals surface area contributed by atoms with E-state index in [0.29, 0.717) is 36.2 Å². The van der Waals surface area contributed by atoms with E-state index in [2.05, 4.69) is 4.98 Å². The third-order valence-electron chi connectivity index (χ3n) is 3.67. The van der Waals surface area contributed by atoms with Gasteiger partial charge in [-0.25, -0.2) is 0 Å². The highest BCUT2D eigenvalue weighted by atomic mass is 16.2. The molecule has 0 saturated carbocycles. The quantitative estimate of drug-likeness (QED) is 0.806. The Hall–Kier alpha value is -2.49. The molecule has 0 unspecified atom stereocenters. The Balaban J connectivity index is 2.04. The maximum absolute atomic E-state index is 12.8. The molecular formula is C17H16N2O2. The lowest BCUT2D eigenvalue weighted by Crippen LogP contribution is -2.31. The van der Waals surface area contributed by atoms with E-state index in [4.69, 9.17) is 0 Å². The number of aryl methyl sites for hydroxylation is 1. The van der Waals surface area contributed by atoms with Crippen LogP contribution in [0.5, 0.6) is 0 Å². The topological polar surface area (TPSA) is 50.3 Å². The Morgan fingerprint density at radius 2 is 2.05 bits per heavy atom. The van der Waals surface area contributed by atoms with Gasteiger partial charge in [-0.05, 0) is 37.6 Å². The molecule has 0 aliphatic carbocycles. The number of amides is 1. The standard InChI is InChI=1S/C17H16N2O2/c1-12-11-13(8-9-18-12)17(21)19-10-4-7-16(20)14-5-2-3-6-15(14)19/h2-3,5-6,8-9,11H,4,7,10H2,1H3. The molecule has 0 atom stereocenters. The van der Waals surface area contributed by atoms with Crippen molar-refractivity contribution in [1.82, 2.24) is 4.98 Å². The number of Topliss-reactive ketones (excluding diaryl/α,β-unsaturated/α-hetero) is 1. The number of anilines is 1. The molecule has 2 heterocycles. The molecule has 1 amide bonds. The number of pyridine rings is 1. The van der Waals surface area contributed by atoms with Crippen LogP contribution in [-0.2, 0) is 0 Å². The lowest BCUT2D eigenvalue weighted by molar-refractivity contribution is 0.0973. The van der Waals surface area contributed by atoms with Gasteiger partial charge in [0.2, 0.25) is 0 Å². The molecule has 1 aliphatic rings. The largest absolute Gasteiger partial charge is 0.308 e. The summed E-state index contributed by atoms with van der Waals surface area (Å²) in [6, 6.07) is 10.8. The Morgan fingerprint density at radius 3 is 2.86 bits per heavy atom. The molecule has 0 radical (unpaired) electrons. The van der Waals surface area contributed by atoms with Crippen LogP contribution in [0, 0.1) is 6.92 Å². The smallest absolute Gasteiger partial charge is 0.258 e. The molecule has 1 aromatic carbocycles. The average molecular weight is 280 g/mol. The van der Waals surface area contributed by atoms with Crippen LogP contribution in [0.3, 0.4) is 0 Å². The molecular weight excluding hydrogens is 264 g/mol. The van der Waals surface area contributed by atoms with Crippen molar-refractivity contribution >= 4 is 17.4 Å². The van der Waals surface area contributed by atoms with Crippen molar-refractivity contribution in [2.24, 2.45) is 0 Å². The molecule has 1 aliphatic heterocycles. The van der Waals surface area contributed by atoms with Crippen LogP contribution in [0.2, 0.25) is 0 Å². The van der Waals surface area contributed by atoms with Crippen molar-refractivity contribution in [3.63, 3.8) is 0 Å². The second kappa shape index (κ2) is 5.48. The highest BCUT2D eigenvalue weighted by Gasteiger charge is 2.25. The molecule has 3 rings (SSSR count). The summed E-state index contributed by atoms with van der Waals surface area (Å²) in [5.41, 5.74) is 2.75. The van der Waals surface area contributed by atoms with Crippen LogP contribution in [0.15, 0.2) is 42.6 Å². The first kappa shape index (κ1) is 13.5. The Labute approximate surface area is 123 Å². The molecule has 2 aromatic rings. The summed E-state index contributed by atoms with van der Waals surface area (Å²) < 4.78 is 0. The van der Waals surface area contributed by atoms with Crippen molar-refractivity contribution < 1.29 is 9.59 Å². The highest BCUT2D eigenvalue weighted by Crippen LogP contribution is 2.27. The van der Waals surface area contributed by atoms with Crippen molar-refractivity contribution in [3.8, 4) is 0 Å². The summed E-state index contributed by atoms with van der Waals surface area (Å²) in [5.74, 6) is 0.0226. The van der Waals surface area contributed by atoms with Crippen molar-refractivity contribution in [2.45, 2.75) is 19.8 Å². The number of ketones is 1. The van der Waals surface area contributed by atoms with Gasteiger partial charge in [0.25, 0.3) is 5.91 Å². The molecule has 4 heteroatoms. The molecule has 0 fully saturated rings. The van der Waals surface area contributed by atoms with E-state index < -0.39 is 0 Å². The molecule has 0 spiro atoms. The number of carbonyl (C=O) groups excluding carboxylic acids is 2. The normalized spacial score (nSPS) is 14.5. The molecule has 0 N–H and O–H groups in total. The van der Waals surface area contributed by atoms with Crippen LogP contribution >= 0.6 is 0 Å². The third-order valence-corrected chi connectivity index (χ3v) is 3.67. The first-order valence-corrected chi connectivity index (χ1v) is 7.03. The van der Waals surface area contributed by atoms with Gasteiger partial charge in [-0.3, -0.25) is 14.6 Å². The van der Waals surface area contributed by atoms with Gasteiger partial charge in [0, 0.05) is 36.0 Å². The number of hydrogen-bond donors (Lipinski definition) is 0. The van der Waals surface area contributed by atoms with E-state index >= 15 is 0 Å². The van der Waals surface area contributed by atoms with Gasteiger partial charge in [-0.2, -0.15) is 0 Å². The first-order chi connectivity index (χ1) is 10.2. The minimum Gasteiger partial charge on any atom is -0.308 e. The number of nitrogens with zero attached hydrogens (tertiary/aromatic N) is 2. The summed E-state index contributed by atoms with van der Waals surface area (Å²) >= 11 is 0. The second-order valence-corrected chi connectivity index (χ2v) is 5.19. The number of benzene rings is 1. The molecule has 0 saturated heterocycles. The van der Waals surface area contributed by atoms with Gasteiger partial charge in [-0.1, -0.05) is 12.1 Å². The van der Waals surface area contributed by atoms with Crippen molar-refractivity contribution in [1.29, 1.82) is 0 Å². The van der Waals surface area contributed by atoms with E-state index in [0.717, 1.165) is 5.69 Å². The van der Waals surface area contributed by atoms with Gasteiger partial charge in [0.1, 0.15) is 0 Å². The zero-order chi connectivity index (χ0) is 14.8. The van der Waals surface area contributed by atoms with E-state index in [-0.39, 0.29) is 11.7 Å². The SMILES string of the molecule is Cc1cc(C(=O)N2CCCC(=O)c3ccccc32)ccn1. The Kier molecular flexibility index (Phi) is 3.52. The highest BCUT2D eigenvalue weighted by molar-refractivity contribution is 6.11. The maximum atomic E-state index is 12.8. The minimum absolute atomic E-state index is 0.0809. The van der Waals surface area contributed by atoms with Gasteiger partial charge in [0.15, 0.2) is 5.78 Å². The maximum Gasteiger partial charge on any atom is 0.258 e. The molecule has 4 nitrogen and oxygen atoms in total. The molecule has 0 bridgehead atoms. The summed E-state index contributed by atoms with van der Waals surface area (Å²) in [4.78, 5) is 30.7. The second-order valence-electron chi connectivity index (χ2n) is 5.19. The minimum atomic E-state index is -0.0809. The van der Waals surface area contributed by atoms with Gasteiger partial charge >= 0.3 is 0 Å². The zero-order valence-corrected chi connectivity index (χ0v) is 11.9. The fourth-order valence-corrected chi connectivity index (χ4v) is 2.64. The van der Waals surface area contributed by atoms with Crippen LogP contribution in [0.4, 0.5) is 5.69 Å². The summed E-state index contributed by atoms with van der Waals surface area (Å²) in [7, 11) is 0. The van der Waals surface area contributed by atoms with Crippen molar-refractivity contribution in [2.75, 3.05) is 11.4 Å². The van der Waals surface area contributed by atoms with Crippen molar-refractivity contribution in [3.05, 3.63) is 59.4 Å². The first-order valence-electron chi connectivity index (χ1n) is 7.03. The lowest BCUT2D eigenvalue weighted by atomic mass is 10.1. The van der Waals surface area contributed by atoms with Crippen LogP contribution in [0.25, 0.3) is 0 Å². The molecule has 1 aromatic heterocycles. The van der Waals surface area contributed by atoms with Crippen LogP contribution in [0.1, 0.15) is 39.3 Å². The molecule has 21 heavy (non-hydrogen) atoms. The third kappa shape index (κ3) is 2.57. The molecule has 106 valence electrons. The number of hydrogen-bond acceptors (Lipinski definition) is 3. The van der Waals surface area contributed by atoms with E-state index in [9.17, 15) is 9.59 Å². The number of fused-ring (bicyclic) bond motifs is 1. The lowest BCUT2D eigenvalue weighted by Gasteiger charge is -2.22. The average Bonchev–Trinajstić information content (AvgIpc) is 2.66. The fraction of sp³-hybridized carbons (Fsp3) is 0.235. The van der Waals surface area contributed by atoms with Crippen LogP contribution in [-0.4, -0.2) is 23.2 Å². The van der Waals surface area contributed by atoms with Crippen LogP contribution < -0.4 is 4.90 Å². The van der Waals surface area contributed by atoms with E-state index in [1.54, 1.807) is 29.3 Å². The summed E-state index contributed by atoms with van der Waals surface area (Å²) in [5, 5.41) is 0. The van der Waals surface area contributed by atoms with E-state index in [1.807, 2.05) is 25.1 Å². The number of aromatic nitrogens is 1. The van der Waals surface area contributed by atoms with Gasteiger partial charge < -0.3 is 4.90 Å². The monoisotopic (exact) mass is 280 g/mol. The summed E-state index contributed by atoms with van der Waals surface area (Å²) in [6.45, 7) is 2.42. The Morgan fingerprint density at radius 1 is 1.24 bits per heavy atom. The number of carbonyl (C=O) groups is 2. The zero-order valence-electron chi connectivity index (χ0n) is 11.9.